The van der Waals surface area contributed by atoms with Crippen molar-refractivity contribution in [3.8, 4) is 5.75 Å². The van der Waals surface area contributed by atoms with Crippen molar-refractivity contribution in [1.82, 2.24) is 5.32 Å². The standard InChI is InChI=1S/C13H20N2O/c1-16-11-6-5-10-3-2-4-13(12(10)9-11)15-8-7-14/h5-6,9,13,15H,2-4,7-8,14H2,1H3. The summed E-state index contributed by atoms with van der Waals surface area (Å²) in [4.78, 5) is 0. The number of fused-ring (bicyclic) bond motifs is 1. The maximum atomic E-state index is 5.53. The van der Waals surface area contributed by atoms with Crippen molar-refractivity contribution < 1.29 is 4.74 Å². The third kappa shape index (κ3) is 2.36. The van der Waals surface area contributed by atoms with Gasteiger partial charge in [0, 0.05) is 19.1 Å². The Morgan fingerprint density at radius 2 is 2.38 bits per heavy atom. The minimum atomic E-state index is 0.447. The molecule has 3 heteroatoms. The molecule has 1 atom stereocenters. The van der Waals surface area contributed by atoms with Crippen LogP contribution in [0.25, 0.3) is 0 Å². The fourth-order valence-corrected chi connectivity index (χ4v) is 2.37. The van der Waals surface area contributed by atoms with Crippen LogP contribution < -0.4 is 15.8 Å². The number of aryl methyl sites for hydroxylation is 1. The van der Waals surface area contributed by atoms with Gasteiger partial charge in [-0.05, 0) is 42.5 Å². The van der Waals surface area contributed by atoms with Crippen molar-refractivity contribution >= 4 is 0 Å². The Morgan fingerprint density at radius 1 is 1.50 bits per heavy atom. The van der Waals surface area contributed by atoms with E-state index in [0.717, 1.165) is 12.3 Å². The van der Waals surface area contributed by atoms with Crippen LogP contribution in [0.4, 0.5) is 0 Å². The van der Waals surface area contributed by atoms with E-state index in [9.17, 15) is 0 Å². The van der Waals surface area contributed by atoms with E-state index in [1.165, 1.54) is 30.4 Å². The van der Waals surface area contributed by atoms with Gasteiger partial charge in [0.1, 0.15) is 5.75 Å². The summed E-state index contributed by atoms with van der Waals surface area (Å²) in [5.74, 6) is 0.945. The molecule has 0 spiro atoms. The first-order chi connectivity index (χ1) is 7.85. The lowest BCUT2D eigenvalue weighted by Crippen LogP contribution is -2.29. The van der Waals surface area contributed by atoms with Gasteiger partial charge in [0.25, 0.3) is 0 Å². The fraction of sp³-hybridized carbons (Fsp3) is 0.538. The highest BCUT2D eigenvalue weighted by Gasteiger charge is 2.19. The third-order valence-electron chi connectivity index (χ3n) is 3.20. The molecular weight excluding hydrogens is 200 g/mol. The molecule has 0 aliphatic heterocycles. The average molecular weight is 220 g/mol. The van der Waals surface area contributed by atoms with Gasteiger partial charge in [-0.3, -0.25) is 0 Å². The molecule has 1 unspecified atom stereocenters. The monoisotopic (exact) mass is 220 g/mol. The Kier molecular flexibility index (Phi) is 3.80. The number of nitrogens with one attached hydrogen (secondary N) is 1. The van der Waals surface area contributed by atoms with Crippen molar-refractivity contribution in [2.75, 3.05) is 20.2 Å². The van der Waals surface area contributed by atoms with Crippen LogP contribution in [0.5, 0.6) is 5.75 Å². The molecule has 0 saturated carbocycles. The smallest absolute Gasteiger partial charge is 0.119 e. The summed E-state index contributed by atoms with van der Waals surface area (Å²) in [6.07, 6.45) is 3.63. The Bertz CT molecular complexity index is 352. The van der Waals surface area contributed by atoms with E-state index in [4.69, 9.17) is 10.5 Å². The molecule has 3 nitrogen and oxygen atoms in total. The third-order valence-corrected chi connectivity index (χ3v) is 3.20. The lowest BCUT2D eigenvalue weighted by molar-refractivity contribution is 0.409. The van der Waals surface area contributed by atoms with Crippen LogP contribution in [0, 0.1) is 0 Å². The topological polar surface area (TPSA) is 47.3 Å². The SMILES string of the molecule is COc1ccc2c(c1)C(NCCN)CCC2. The summed E-state index contributed by atoms with van der Waals surface area (Å²) < 4.78 is 5.28. The Morgan fingerprint density at radius 3 is 3.12 bits per heavy atom. The van der Waals surface area contributed by atoms with Crippen LogP contribution in [0.3, 0.4) is 0 Å². The molecule has 1 aromatic rings. The van der Waals surface area contributed by atoms with Crippen LogP contribution in [0.1, 0.15) is 30.0 Å². The number of hydrogen-bond acceptors (Lipinski definition) is 3. The van der Waals surface area contributed by atoms with E-state index in [-0.39, 0.29) is 0 Å². The van der Waals surface area contributed by atoms with E-state index >= 15 is 0 Å². The van der Waals surface area contributed by atoms with Crippen LogP contribution in [-0.2, 0) is 6.42 Å². The Labute approximate surface area is 97.0 Å². The van der Waals surface area contributed by atoms with Gasteiger partial charge in [-0.15, -0.1) is 0 Å². The second kappa shape index (κ2) is 5.32. The molecule has 1 aliphatic carbocycles. The minimum Gasteiger partial charge on any atom is -0.497 e. The largest absolute Gasteiger partial charge is 0.497 e. The van der Waals surface area contributed by atoms with Gasteiger partial charge in [0.15, 0.2) is 0 Å². The van der Waals surface area contributed by atoms with Crippen molar-refractivity contribution in [3.63, 3.8) is 0 Å². The van der Waals surface area contributed by atoms with Gasteiger partial charge in [0.05, 0.1) is 7.11 Å². The van der Waals surface area contributed by atoms with E-state index in [1.54, 1.807) is 7.11 Å². The molecule has 16 heavy (non-hydrogen) atoms. The zero-order valence-electron chi connectivity index (χ0n) is 9.83. The molecule has 88 valence electrons. The quantitative estimate of drug-likeness (QED) is 0.810. The normalized spacial score (nSPS) is 19.2. The molecule has 0 radical (unpaired) electrons. The lowest BCUT2D eigenvalue weighted by atomic mass is 9.87. The van der Waals surface area contributed by atoms with Crippen molar-refractivity contribution in [1.29, 1.82) is 0 Å². The second-order valence-corrected chi connectivity index (χ2v) is 4.25. The van der Waals surface area contributed by atoms with Gasteiger partial charge < -0.3 is 15.8 Å². The highest BCUT2D eigenvalue weighted by Crippen LogP contribution is 2.32. The Hall–Kier alpha value is -1.06. The molecule has 2 rings (SSSR count). The molecule has 1 aliphatic rings. The first kappa shape index (κ1) is 11.4. The first-order valence-electron chi connectivity index (χ1n) is 5.95. The zero-order valence-corrected chi connectivity index (χ0v) is 9.83. The number of hydrogen-bond donors (Lipinski definition) is 2. The van der Waals surface area contributed by atoms with Crippen LogP contribution in [-0.4, -0.2) is 20.2 Å². The van der Waals surface area contributed by atoms with Gasteiger partial charge in [-0.1, -0.05) is 6.07 Å². The molecule has 0 fully saturated rings. The summed E-state index contributed by atoms with van der Waals surface area (Å²) >= 11 is 0. The summed E-state index contributed by atoms with van der Waals surface area (Å²) in [5, 5.41) is 3.50. The predicted molar refractivity (Wildman–Crippen MR) is 65.7 cm³/mol. The van der Waals surface area contributed by atoms with Crippen molar-refractivity contribution in [3.05, 3.63) is 29.3 Å². The Balaban J connectivity index is 2.21. The number of nitrogens with two attached hydrogens (primary N) is 1. The second-order valence-electron chi connectivity index (χ2n) is 4.25. The fourth-order valence-electron chi connectivity index (χ4n) is 2.37. The van der Waals surface area contributed by atoms with Crippen molar-refractivity contribution in [2.45, 2.75) is 25.3 Å². The first-order valence-corrected chi connectivity index (χ1v) is 5.95. The van der Waals surface area contributed by atoms with Gasteiger partial charge in [0.2, 0.25) is 0 Å². The van der Waals surface area contributed by atoms with E-state index < -0.39 is 0 Å². The molecule has 1 aromatic carbocycles. The van der Waals surface area contributed by atoms with E-state index in [2.05, 4.69) is 17.4 Å². The summed E-state index contributed by atoms with van der Waals surface area (Å²) in [6, 6.07) is 6.83. The number of benzene rings is 1. The highest BCUT2D eigenvalue weighted by atomic mass is 16.5. The average Bonchev–Trinajstić information content (AvgIpc) is 2.35. The van der Waals surface area contributed by atoms with Gasteiger partial charge in [-0.25, -0.2) is 0 Å². The highest BCUT2D eigenvalue weighted by molar-refractivity contribution is 5.39. The number of methoxy groups -OCH3 is 1. The number of rotatable bonds is 4. The molecule has 0 saturated heterocycles. The molecule has 0 heterocycles. The number of ether oxygens (including phenoxy) is 1. The van der Waals surface area contributed by atoms with Gasteiger partial charge in [-0.2, -0.15) is 0 Å². The molecule has 0 amide bonds. The molecule has 3 N–H and O–H groups in total. The van der Waals surface area contributed by atoms with Gasteiger partial charge >= 0.3 is 0 Å². The van der Waals surface area contributed by atoms with E-state index in [1.807, 2.05) is 6.07 Å². The zero-order chi connectivity index (χ0) is 11.4. The van der Waals surface area contributed by atoms with Crippen LogP contribution in [0.15, 0.2) is 18.2 Å². The summed E-state index contributed by atoms with van der Waals surface area (Å²) in [5.41, 5.74) is 8.37. The van der Waals surface area contributed by atoms with Crippen molar-refractivity contribution in [2.24, 2.45) is 5.73 Å². The predicted octanol–water partition coefficient (Wildman–Crippen LogP) is 1.62. The summed E-state index contributed by atoms with van der Waals surface area (Å²) in [6.45, 7) is 1.57. The van der Waals surface area contributed by atoms with E-state index in [0.29, 0.717) is 12.6 Å². The van der Waals surface area contributed by atoms with Crippen LogP contribution >= 0.6 is 0 Å². The summed E-state index contributed by atoms with van der Waals surface area (Å²) in [7, 11) is 1.72. The molecule has 0 aromatic heterocycles. The maximum Gasteiger partial charge on any atom is 0.119 e. The minimum absolute atomic E-state index is 0.447. The molecule has 0 bridgehead atoms. The van der Waals surface area contributed by atoms with Crippen LogP contribution in [0.2, 0.25) is 0 Å². The maximum absolute atomic E-state index is 5.53. The lowest BCUT2D eigenvalue weighted by Gasteiger charge is -2.26. The molecular formula is C13H20N2O.